The number of nitrogens with zero attached hydrogens (tertiary/aromatic N) is 5. The molecule has 0 N–H and O–H groups in total. The molecule has 0 amide bonds. The minimum atomic E-state index is -2.88. The van der Waals surface area contributed by atoms with Gasteiger partial charge < -0.3 is 8.98 Å². The van der Waals surface area contributed by atoms with E-state index in [2.05, 4.69) is 240 Å². The first-order valence-electron chi connectivity index (χ1n) is 23.7. The molecule has 0 spiro atoms. The average molecular weight is 912 g/mol. The monoisotopic (exact) mass is 911 g/mol. The maximum atomic E-state index is 6.45. The van der Waals surface area contributed by atoms with Crippen LogP contribution in [0.2, 0.25) is 0 Å². The van der Waals surface area contributed by atoms with Crippen molar-refractivity contribution in [1.82, 2.24) is 24.1 Å². The molecule has 0 saturated heterocycles. The van der Waals surface area contributed by atoms with E-state index in [1.54, 1.807) is 0 Å². The Morgan fingerprint density at radius 2 is 0.771 bits per heavy atom. The molecule has 0 bridgehead atoms. The van der Waals surface area contributed by atoms with Crippen LogP contribution in [0.1, 0.15) is 0 Å². The zero-order chi connectivity index (χ0) is 46.2. The zero-order valence-corrected chi connectivity index (χ0v) is 38.8. The highest BCUT2D eigenvalue weighted by atomic mass is 28.3. The van der Waals surface area contributed by atoms with Gasteiger partial charge in [-0.2, -0.15) is 9.97 Å². The lowest BCUT2D eigenvalue weighted by Crippen LogP contribution is -2.74. The lowest BCUT2D eigenvalue weighted by molar-refractivity contribution is 0.669. The van der Waals surface area contributed by atoms with Crippen LogP contribution in [0, 0.1) is 0 Å². The molecule has 0 saturated carbocycles. The molecule has 10 aromatic carbocycles. The molecule has 0 aliphatic carbocycles. The Balaban J connectivity index is 1.01. The van der Waals surface area contributed by atoms with Gasteiger partial charge in [-0.3, -0.25) is 4.57 Å². The fourth-order valence-corrected chi connectivity index (χ4v) is 15.9. The van der Waals surface area contributed by atoms with Gasteiger partial charge in [-0.15, -0.1) is 0 Å². The molecular formula is C63H41N5OSi. The van der Waals surface area contributed by atoms with E-state index in [1.165, 1.54) is 42.6 Å². The molecule has 0 atom stereocenters. The Morgan fingerprint density at radius 1 is 0.300 bits per heavy atom. The van der Waals surface area contributed by atoms with E-state index in [4.69, 9.17) is 19.4 Å². The Kier molecular flexibility index (Phi) is 9.12. The van der Waals surface area contributed by atoms with Crippen LogP contribution in [0.3, 0.4) is 0 Å². The SMILES string of the molecule is c1ccc([Si](c2ccccc2)(c2ccccc2)c2cccc(-c3nc(-c4ccc5c(c4)oc4ccccc45)nc(-n4c5ccccc5c5cc(-n6c7ccccc7c7ccccc76)ccc54)n3)c2)cc1. The van der Waals surface area contributed by atoms with Crippen LogP contribution < -0.4 is 20.7 Å². The molecular weight excluding hydrogens is 871 g/mol. The third-order valence-corrected chi connectivity index (χ3v) is 18.9. The molecule has 70 heavy (non-hydrogen) atoms. The van der Waals surface area contributed by atoms with E-state index < -0.39 is 8.07 Å². The number of para-hydroxylation sites is 4. The van der Waals surface area contributed by atoms with Crippen molar-refractivity contribution >= 4 is 94.4 Å². The van der Waals surface area contributed by atoms with Crippen LogP contribution in [0.15, 0.2) is 253 Å². The molecule has 328 valence electrons. The molecule has 0 unspecified atom stereocenters. The fraction of sp³-hybridized carbons (Fsp3) is 0. The van der Waals surface area contributed by atoms with Crippen LogP contribution >= 0.6 is 0 Å². The molecule has 0 radical (unpaired) electrons. The first kappa shape index (κ1) is 39.9. The highest BCUT2D eigenvalue weighted by molar-refractivity contribution is 7.19. The molecule has 0 aliphatic heterocycles. The molecule has 14 rings (SSSR count). The predicted molar refractivity (Wildman–Crippen MR) is 290 cm³/mol. The highest BCUT2D eigenvalue weighted by Gasteiger charge is 2.41. The Hall–Kier alpha value is -9.17. The molecule has 0 fully saturated rings. The smallest absolute Gasteiger partial charge is 0.238 e. The standard InChI is InChI=1S/C63H41N5OSi/c1-4-20-45(21-5-1)70(46-22-6-2-7-23-46,47-24-8-3-9-25-47)48-26-18-19-42(39-48)61-64-62(43-35-37-53-52-30-13-17-34-59(52)69-60(53)40-43)66-63(65-61)68-57-33-16-12-29-51(57)54-41-44(36-38-58(54)68)67-55-31-14-10-27-49(55)50-28-11-15-32-56(50)67/h1-41H. The van der Waals surface area contributed by atoms with Crippen molar-refractivity contribution in [2.24, 2.45) is 0 Å². The largest absolute Gasteiger partial charge is 0.456 e. The van der Waals surface area contributed by atoms with Gasteiger partial charge in [0.25, 0.3) is 0 Å². The van der Waals surface area contributed by atoms with Crippen LogP contribution in [-0.4, -0.2) is 32.2 Å². The van der Waals surface area contributed by atoms with Gasteiger partial charge in [0, 0.05) is 49.1 Å². The summed E-state index contributed by atoms with van der Waals surface area (Å²) in [5.41, 5.74) is 8.79. The van der Waals surface area contributed by atoms with Gasteiger partial charge in [0.1, 0.15) is 11.2 Å². The lowest BCUT2D eigenvalue weighted by atomic mass is 10.1. The van der Waals surface area contributed by atoms with Gasteiger partial charge in [0.2, 0.25) is 5.95 Å². The number of hydrogen-bond donors (Lipinski definition) is 0. The summed E-state index contributed by atoms with van der Waals surface area (Å²) in [7, 11) is -2.88. The lowest BCUT2D eigenvalue weighted by Gasteiger charge is -2.34. The summed E-state index contributed by atoms with van der Waals surface area (Å²) in [4.78, 5) is 16.3. The van der Waals surface area contributed by atoms with E-state index >= 15 is 0 Å². The summed E-state index contributed by atoms with van der Waals surface area (Å²) in [6, 6.07) is 89.1. The number of aromatic nitrogens is 5. The number of benzene rings is 10. The van der Waals surface area contributed by atoms with Gasteiger partial charge in [-0.1, -0.05) is 194 Å². The quantitative estimate of drug-likeness (QED) is 0.113. The van der Waals surface area contributed by atoms with Crippen molar-refractivity contribution in [3.8, 4) is 34.4 Å². The van der Waals surface area contributed by atoms with Crippen LogP contribution in [0.4, 0.5) is 0 Å². The fourth-order valence-electron chi connectivity index (χ4n) is 11.1. The minimum absolute atomic E-state index is 0.531. The second kappa shape index (κ2) is 16.0. The number of furan rings is 1. The molecule has 4 aromatic heterocycles. The van der Waals surface area contributed by atoms with Crippen LogP contribution in [0.5, 0.6) is 0 Å². The number of fused-ring (bicyclic) bond motifs is 9. The zero-order valence-electron chi connectivity index (χ0n) is 37.8. The minimum Gasteiger partial charge on any atom is -0.456 e. The maximum absolute atomic E-state index is 6.45. The van der Waals surface area contributed by atoms with Crippen molar-refractivity contribution in [3.63, 3.8) is 0 Å². The average Bonchev–Trinajstić information content (AvgIpc) is 4.09. The van der Waals surface area contributed by atoms with Gasteiger partial charge in [0.05, 0.1) is 22.1 Å². The van der Waals surface area contributed by atoms with Crippen LogP contribution in [-0.2, 0) is 0 Å². The van der Waals surface area contributed by atoms with E-state index in [0.717, 1.165) is 60.6 Å². The Bertz CT molecular complexity index is 4160. The van der Waals surface area contributed by atoms with E-state index in [0.29, 0.717) is 17.6 Å². The Labute approximate surface area is 404 Å². The maximum Gasteiger partial charge on any atom is 0.238 e. The van der Waals surface area contributed by atoms with Crippen molar-refractivity contribution in [3.05, 3.63) is 249 Å². The van der Waals surface area contributed by atoms with Gasteiger partial charge in [0.15, 0.2) is 19.7 Å². The third kappa shape index (κ3) is 6.15. The molecule has 0 aliphatic rings. The third-order valence-electron chi connectivity index (χ3n) is 14.1. The number of hydrogen-bond acceptors (Lipinski definition) is 4. The van der Waals surface area contributed by atoms with Gasteiger partial charge in [-0.25, -0.2) is 4.98 Å². The predicted octanol–water partition coefficient (Wildman–Crippen LogP) is 12.7. The summed E-state index contributed by atoms with van der Waals surface area (Å²) in [5.74, 6) is 1.67. The number of rotatable bonds is 8. The van der Waals surface area contributed by atoms with Crippen molar-refractivity contribution in [2.45, 2.75) is 0 Å². The van der Waals surface area contributed by atoms with Crippen LogP contribution in [0.25, 0.3) is 100.0 Å². The second-order valence-electron chi connectivity index (χ2n) is 17.9. The van der Waals surface area contributed by atoms with Gasteiger partial charge >= 0.3 is 0 Å². The summed E-state index contributed by atoms with van der Waals surface area (Å²) in [6.45, 7) is 0. The molecule has 6 nitrogen and oxygen atoms in total. The van der Waals surface area contributed by atoms with Crippen molar-refractivity contribution in [2.75, 3.05) is 0 Å². The van der Waals surface area contributed by atoms with Gasteiger partial charge in [-0.05, 0) is 75.3 Å². The molecule has 14 aromatic rings. The first-order chi connectivity index (χ1) is 34.7. The first-order valence-corrected chi connectivity index (χ1v) is 25.7. The van der Waals surface area contributed by atoms with E-state index in [-0.39, 0.29) is 0 Å². The Morgan fingerprint density at radius 3 is 1.39 bits per heavy atom. The summed E-state index contributed by atoms with van der Waals surface area (Å²) in [6.07, 6.45) is 0. The summed E-state index contributed by atoms with van der Waals surface area (Å²) < 4.78 is 11.0. The summed E-state index contributed by atoms with van der Waals surface area (Å²) in [5, 5.41) is 11.9. The molecule has 4 heterocycles. The highest BCUT2D eigenvalue weighted by Crippen LogP contribution is 2.38. The van der Waals surface area contributed by atoms with Crippen molar-refractivity contribution < 1.29 is 4.42 Å². The topological polar surface area (TPSA) is 61.7 Å². The van der Waals surface area contributed by atoms with E-state index in [1.807, 2.05) is 18.2 Å². The second-order valence-corrected chi connectivity index (χ2v) is 21.8. The normalized spacial score (nSPS) is 12.0. The van der Waals surface area contributed by atoms with Crippen molar-refractivity contribution in [1.29, 1.82) is 0 Å². The van der Waals surface area contributed by atoms with E-state index in [9.17, 15) is 0 Å². The summed E-state index contributed by atoms with van der Waals surface area (Å²) >= 11 is 0. The molecule has 7 heteroatoms.